The molecule has 0 radical (unpaired) electrons. The van der Waals surface area contributed by atoms with Gasteiger partial charge in [-0.25, -0.2) is 4.79 Å². The predicted octanol–water partition coefficient (Wildman–Crippen LogP) is 3.05. The molecule has 0 spiro atoms. The van der Waals surface area contributed by atoms with E-state index in [0.29, 0.717) is 47.7 Å². The fourth-order valence-electron chi connectivity index (χ4n) is 8.77. The van der Waals surface area contributed by atoms with Gasteiger partial charge in [0, 0.05) is 23.7 Å². The van der Waals surface area contributed by atoms with E-state index < -0.39 is 11.6 Å². The van der Waals surface area contributed by atoms with Gasteiger partial charge in [0.1, 0.15) is 5.60 Å². The maximum atomic E-state index is 12.1. The van der Waals surface area contributed by atoms with Gasteiger partial charge in [0.05, 0.1) is 0 Å². The van der Waals surface area contributed by atoms with Gasteiger partial charge in [-0.15, -0.1) is 0 Å². The maximum absolute atomic E-state index is 12.1. The van der Waals surface area contributed by atoms with Crippen molar-refractivity contribution in [1.29, 1.82) is 0 Å². The summed E-state index contributed by atoms with van der Waals surface area (Å²) in [6.07, 6.45) is 7.78. The molecule has 4 nitrogen and oxygen atoms in total. The summed E-state index contributed by atoms with van der Waals surface area (Å²) in [6, 6.07) is 0. The Bertz CT molecular complexity index is 907. The molecule has 0 aromatic rings. The van der Waals surface area contributed by atoms with Gasteiger partial charge in [-0.1, -0.05) is 25.3 Å². The van der Waals surface area contributed by atoms with Gasteiger partial charge in [-0.05, 0) is 79.1 Å². The summed E-state index contributed by atoms with van der Waals surface area (Å²) >= 11 is 0. The van der Waals surface area contributed by atoms with E-state index in [9.17, 15) is 14.7 Å². The fourth-order valence-corrected chi connectivity index (χ4v) is 8.77. The number of rotatable bonds is 0. The number of allylic oxidation sites excluding steroid dienone is 1. The van der Waals surface area contributed by atoms with E-state index in [-0.39, 0.29) is 16.7 Å². The van der Waals surface area contributed by atoms with Crippen LogP contribution in [0.3, 0.4) is 0 Å². The second kappa shape index (κ2) is 4.93. The van der Waals surface area contributed by atoms with E-state index in [4.69, 9.17) is 5.11 Å². The molecule has 10 atom stereocenters. The highest BCUT2D eigenvalue weighted by Gasteiger charge is 2.78. The molecule has 4 unspecified atom stereocenters. The largest absolute Gasteiger partial charge is 0.472 e. The molecule has 2 N–H and O–H groups in total. The Labute approximate surface area is 165 Å². The van der Waals surface area contributed by atoms with Crippen LogP contribution in [0.1, 0.15) is 52.4 Å². The van der Waals surface area contributed by atoms with Gasteiger partial charge in [0.25, 0.3) is 0 Å². The number of carboxylic acid groups (broad SMARTS) is 1. The lowest BCUT2D eigenvalue weighted by Gasteiger charge is -2.59. The van der Waals surface area contributed by atoms with Crippen molar-refractivity contribution < 1.29 is 19.8 Å². The molecule has 0 aromatic carbocycles. The number of ketones is 1. The third-order valence-electron chi connectivity index (χ3n) is 10.1. The molecule has 0 saturated heterocycles. The smallest absolute Gasteiger partial charge is 0.382 e. The number of fused-ring (bicyclic) bond motifs is 10. The Kier molecular flexibility index (Phi) is 3.04. The molecule has 148 valence electrons. The van der Waals surface area contributed by atoms with Crippen molar-refractivity contribution in [2.24, 2.45) is 52.3 Å². The van der Waals surface area contributed by atoms with E-state index in [1.165, 1.54) is 12.0 Å². The first-order valence-electron chi connectivity index (χ1n) is 10.9. The minimum absolute atomic E-state index is 0.134. The number of aliphatic carboxylic acids is 1. The Balaban J connectivity index is 1.43. The van der Waals surface area contributed by atoms with Crippen molar-refractivity contribution in [3.05, 3.63) is 11.6 Å². The molecule has 5 saturated carbocycles. The summed E-state index contributed by atoms with van der Waals surface area (Å²) in [6.45, 7) is 4.59. The number of carboxylic acids is 1. The Morgan fingerprint density at radius 2 is 1.96 bits per heavy atom. The van der Waals surface area contributed by atoms with Gasteiger partial charge in [0.2, 0.25) is 0 Å². The van der Waals surface area contributed by atoms with Crippen molar-refractivity contribution in [3.63, 3.8) is 0 Å². The number of carbonyl (C=O) groups is 2. The average molecular weight is 380 g/mol. The van der Waals surface area contributed by atoms with Gasteiger partial charge < -0.3 is 10.2 Å². The summed E-state index contributed by atoms with van der Waals surface area (Å²) in [5, 5.41) is 20.7. The highest BCUT2D eigenvalue weighted by atomic mass is 16.4. The van der Waals surface area contributed by atoms with Crippen LogP contribution in [0.2, 0.25) is 0 Å². The Hall–Kier alpha value is -1.60. The maximum Gasteiger partial charge on any atom is 0.382 e. The van der Waals surface area contributed by atoms with Crippen LogP contribution in [0, 0.1) is 64.1 Å². The summed E-state index contributed by atoms with van der Waals surface area (Å²) in [5.74, 6) is 7.72. The third kappa shape index (κ3) is 1.83. The fraction of sp³-hybridized carbons (Fsp3) is 0.750. The number of hydrogen-bond donors (Lipinski definition) is 2. The molecule has 28 heavy (non-hydrogen) atoms. The zero-order valence-electron chi connectivity index (χ0n) is 16.6. The predicted molar refractivity (Wildman–Crippen MR) is 102 cm³/mol. The summed E-state index contributed by atoms with van der Waals surface area (Å²) in [5.41, 5.74) is 0.106. The summed E-state index contributed by atoms with van der Waals surface area (Å²) < 4.78 is 0. The van der Waals surface area contributed by atoms with Gasteiger partial charge in [-0.3, -0.25) is 4.79 Å². The summed E-state index contributed by atoms with van der Waals surface area (Å²) in [4.78, 5) is 23.2. The number of aliphatic hydroxyl groups is 1. The zero-order valence-corrected chi connectivity index (χ0v) is 16.6. The SMILES string of the molecule is C[C@]12CCC(=O)C=C1[C@@H]1C[C@@H]1C1C2CC[C@@]2(C)C1C1C[C@@H]1[C@@]2(O)C#CC(=O)O. The number of hydrogen-bond acceptors (Lipinski definition) is 3. The van der Waals surface area contributed by atoms with Crippen molar-refractivity contribution in [3.8, 4) is 11.8 Å². The monoisotopic (exact) mass is 380 g/mol. The molecule has 6 rings (SSSR count). The lowest BCUT2D eigenvalue weighted by atomic mass is 9.45. The zero-order chi connectivity index (χ0) is 19.6. The molecule has 0 bridgehead atoms. The van der Waals surface area contributed by atoms with E-state index in [1.807, 2.05) is 6.08 Å². The lowest BCUT2D eigenvalue weighted by Crippen LogP contribution is -2.57. The normalized spacial score (nSPS) is 57.3. The number of carbonyl (C=O) groups excluding carboxylic acids is 1. The van der Waals surface area contributed by atoms with E-state index in [2.05, 4.69) is 25.7 Å². The molecule has 4 heteroatoms. The third-order valence-corrected chi connectivity index (χ3v) is 10.1. The Morgan fingerprint density at radius 3 is 2.71 bits per heavy atom. The first-order valence-corrected chi connectivity index (χ1v) is 10.9. The molecular weight excluding hydrogens is 352 g/mol. The van der Waals surface area contributed by atoms with Crippen molar-refractivity contribution >= 4 is 11.8 Å². The van der Waals surface area contributed by atoms with Gasteiger partial charge in [-0.2, -0.15) is 0 Å². The highest BCUT2D eigenvalue weighted by Crippen LogP contribution is 2.80. The van der Waals surface area contributed by atoms with E-state index in [1.54, 1.807) is 0 Å². The topological polar surface area (TPSA) is 74.6 Å². The molecule has 5 fully saturated rings. The lowest BCUT2D eigenvalue weighted by molar-refractivity contribution is -0.131. The second-order valence-corrected chi connectivity index (χ2v) is 11.0. The molecule has 0 amide bonds. The second-order valence-electron chi connectivity index (χ2n) is 11.0. The van der Waals surface area contributed by atoms with Crippen molar-refractivity contribution in [1.82, 2.24) is 0 Å². The molecule has 6 aliphatic carbocycles. The van der Waals surface area contributed by atoms with E-state index >= 15 is 0 Å². The quantitative estimate of drug-likeness (QED) is 0.634. The van der Waals surface area contributed by atoms with Crippen LogP contribution in [0.4, 0.5) is 0 Å². The van der Waals surface area contributed by atoms with Crippen LogP contribution < -0.4 is 0 Å². The van der Waals surface area contributed by atoms with Crippen LogP contribution in [0.5, 0.6) is 0 Å². The molecular formula is C24H28O4. The van der Waals surface area contributed by atoms with Crippen molar-refractivity contribution in [2.45, 2.75) is 58.0 Å². The van der Waals surface area contributed by atoms with Gasteiger partial charge >= 0.3 is 5.97 Å². The Morgan fingerprint density at radius 1 is 1.18 bits per heavy atom. The molecule has 0 aromatic heterocycles. The van der Waals surface area contributed by atoms with Crippen LogP contribution in [-0.2, 0) is 9.59 Å². The van der Waals surface area contributed by atoms with Crippen molar-refractivity contribution in [2.75, 3.05) is 0 Å². The minimum atomic E-state index is -1.16. The van der Waals surface area contributed by atoms with E-state index in [0.717, 1.165) is 25.7 Å². The van der Waals surface area contributed by atoms with Crippen LogP contribution in [0.25, 0.3) is 0 Å². The molecule has 0 heterocycles. The minimum Gasteiger partial charge on any atom is -0.472 e. The summed E-state index contributed by atoms with van der Waals surface area (Å²) in [7, 11) is 0. The molecule has 6 aliphatic rings. The average Bonchev–Trinajstić information content (AvgIpc) is 3.53. The van der Waals surface area contributed by atoms with Crippen LogP contribution >= 0.6 is 0 Å². The first kappa shape index (κ1) is 17.3. The van der Waals surface area contributed by atoms with Crippen LogP contribution in [-0.4, -0.2) is 27.6 Å². The first-order chi connectivity index (χ1) is 13.2. The standard InChI is InChI=1S/C24H28O4/c1-22-6-3-12(25)9-17(22)13-10-14(13)20-16(22)4-7-23(2)21(20)15-11-18(15)24(23,28)8-5-19(26)27/h9,13-16,18,20-21,28H,3-4,6-7,10-11H2,1-2H3,(H,26,27)/t13-,14+,15?,16?,18+,20?,21?,22-,23+,24+/m1/s1. The molecule has 0 aliphatic heterocycles. The van der Waals surface area contributed by atoms with Gasteiger partial charge in [0.15, 0.2) is 5.78 Å². The highest BCUT2D eigenvalue weighted by molar-refractivity contribution is 5.92. The van der Waals surface area contributed by atoms with Crippen LogP contribution in [0.15, 0.2) is 11.6 Å².